The lowest BCUT2D eigenvalue weighted by molar-refractivity contribution is -0.132. The smallest absolute Gasteiger partial charge is 0.266 e. The third-order valence-electron chi connectivity index (χ3n) is 6.46. The van der Waals surface area contributed by atoms with Gasteiger partial charge in [-0.25, -0.2) is 0 Å². The average molecular weight is 549 g/mol. The number of piperidine rings is 1. The first-order chi connectivity index (χ1) is 16.0. The summed E-state index contributed by atoms with van der Waals surface area (Å²) in [5.41, 5.74) is 1.89. The molecule has 3 saturated heterocycles. The van der Waals surface area contributed by atoms with Gasteiger partial charge in [0.05, 0.1) is 17.6 Å². The van der Waals surface area contributed by atoms with Crippen LogP contribution in [0.3, 0.4) is 0 Å². The quantitative estimate of drug-likeness (QED) is 0.397. The molecule has 3 aliphatic rings. The molecule has 6 nitrogen and oxygen atoms in total. The summed E-state index contributed by atoms with van der Waals surface area (Å²) in [6.07, 6.45) is 9.28. The maximum atomic E-state index is 13.1. The fraction of sp³-hybridized carbons (Fsp3) is 0.458. The number of fused-ring (bicyclic) bond motifs is 1. The Hall–Kier alpha value is -1.68. The fourth-order valence-corrected chi connectivity index (χ4v) is 6.35. The number of ether oxygens (including phenoxy) is 1. The molecule has 0 spiro atoms. The Morgan fingerprint density at radius 2 is 2.06 bits per heavy atom. The van der Waals surface area contributed by atoms with Crippen molar-refractivity contribution in [2.45, 2.75) is 44.8 Å². The molecule has 0 radical (unpaired) electrons. The molecule has 3 aliphatic heterocycles. The van der Waals surface area contributed by atoms with Gasteiger partial charge in [-0.05, 0) is 56.4 Å². The van der Waals surface area contributed by atoms with E-state index < -0.39 is 0 Å². The minimum atomic E-state index is -0.0687. The number of amides is 2. The molecule has 9 heteroatoms. The zero-order valence-corrected chi connectivity index (χ0v) is 21.5. The summed E-state index contributed by atoms with van der Waals surface area (Å²) in [7, 11) is 0. The number of benzene rings is 1. The van der Waals surface area contributed by atoms with E-state index in [9.17, 15) is 9.59 Å². The van der Waals surface area contributed by atoms with E-state index in [1.807, 2.05) is 39.9 Å². The second-order valence-electron chi connectivity index (χ2n) is 8.74. The number of halogens is 1. The van der Waals surface area contributed by atoms with Gasteiger partial charge in [-0.3, -0.25) is 14.5 Å². The van der Waals surface area contributed by atoms with E-state index in [1.165, 1.54) is 18.2 Å². The molecule has 0 bridgehead atoms. The van der Waals surface area contributed by atoms with Crippen LogP contribution in [-0.2, 0) is 20.9 Å². The number of thioether (sulfide) groups is 1. The van der Waals surface area contributed by atoms with Crippen LogP contribution >= 0.6 is 39.9 Å². The molecule has 33 heavy (non-hydrogen) atoms. The monoisotopic (exact) mass is 547 g/mol. The molecule has 0 unspecified atom stereocenters. The van der Waals surface area contributed by atoms with Crippen LogP contribution in [0.1, 0.15) is 37.7 Å². The van der Waals surface area contributed by atoms with E-state index in [4.69, 9.17) is 17.0 Å². The number of nitrogens with zero attached hydrogens (tertiary/aromatic N) is 3. The largest absolute Gasteiger partial charge is 0.376 e. The van der Waals surface area contributed by atoms with Gasteiger partial charge >= 0.3 is 0 Å². The van der Waals surface area contributed by atoms with E-state index in [2.05, 4.69) is 15.9 Å². The van der Waals surface area contributed by atoms with E-state index in [-0.39, 0.29) is 17.9 Å². The highest BCUT2D eigenvalue weighted by Gasteiger charge is 2.34. The highest BCUT2D eigenvalue weighted by atomic mass is 79.9. The molecule has 1 atom stereocenters. The highest BCUT2D eigenvalue weighted by molar-refractivity contribution is 9.10. The summed E-state index contributed by atoms with van der Waals surface area (Å²) in [6, 6.07) is 6.04. The Kier molecular flexibility index (Phi) is 6.92. The minimum Gasteiger partial charge on any atom is -0.376 e. The summed E-state index contributed by atoms with van der Waals surface area (Å²) in [5, 5.41) is 1.00. The van der Waals surface area contributed by atoms with Crippen molar-refractivity contribution in [1.29, 1.82) is 0 Å². The predicted molar refractivity (Wildman–Crippen MR) is 139 cm³/mol. The van der Waals surface area contributed by atoms with Crippen LogP contribution in [0.15, 0.2) is 33.8 Å². The molecule has 0 saturated carbocycles. The predicted octanol–water partition coefficient (Wildman–Crippen LogP) is 4.80. The van der Waals surface area contributed by atoms with E-state index in [1.54, 1.807) is 4.90 Å². The molecule has 0 N–H and O–H groups in total. The van der Waals surface area contributed by atoms with Crippen molar-refractivity contribution in [2.75, 3.05) is 26.2 Å². The Morgan fingerprint density at radius 3 is 2.82 bits per heavy atom. The van der Waals surface area contributed by atoms with Crippen molar-refractivity contribution in [3.63, 3.8) is 0 Å². The van der Waals surface area contributed by atoms with Crippen LogP contribution in [0.2, 0.25) is 0 Å². The van der Waals surface area contributed by atoms with Crippen LogP contribution < -0.4 is 0 Å². The van der Waals surface area contributed by atoms with E-state index in [0.29, 0.717) is 22.3 Å². The number of aromatic nitrogens is 1. The summed E-state index contributed by atoms with van der Waals surface area (Å²) in [4.78, 5) is 30.3. The Morgan fingerprint density at radius 1 is 1.24 bits per heavy atom. The lowest BCUT2D eigenvalue weighted by Gasteiger charge is -2.27. The van der Waals surface area contributed by atoms with Crippen molar-refractivity contribution in [2.24, 2.45) is 0 Å². The van der Waals surface area contributed by atoms with Crippen LogP contribution in [0.5, 0.6) is 0 Å². The number of thiocarbonyl (C=S) groups is 1. The first kappa shape index (κ1) is 23.1. The molecule has 3 fully saturated rings. The van der Waals surface area contributed by atoms with E-state index >= 15 is 0 Å². The molecule has 2 aromatic rings. The number of carbonyl (C=O) groups is 2. The molecule has 5 rings (SSSR count). The topological polar surface area (TPSA) is 54.8 Å². The van der Waals surface area contributed by atoms with Crippen LogP contribution in [0, 0.1) is 0 Å². The standard InChI is InChI=1S/C24H26BrN3O3S2/c25-17-6-7-20-19(12-17)16(13-27(20)15-22(29)26-8-2-1-3-9-26)11-21-23(30)28(24(32)33-21)14-18-5-4-10-31-18/h6-7,11-13,18H,1-5,8-10,14-15H2/b21-11-/t18-/m0/s1. The second-order valence-corrected chi connectivity index (χ2v) is 11.3. The van der Waals surface area contributed by atoms with Gasteiger partial charge in [-0.15, -0.1) is 0 Å². The van der Waals surface area contributed by atoms with Crippen LogP contribution in [-0.4, -0.2) is 62.8 Å². The van der Waals surface area contributed by atoms with Crippen LogP contribution in [0.25, 0.3) is 17.0 Å². The summed E-state index contributed by atoms with van der Waals surface area (Å²) in [6.45, 7) is 3.23. The first-order valence-electron chi connectivity index (χ1n) is 11.4. The highest BCUT2D eigenvalue weighted by Crippen LogP contribution is 2.35. The molecule has 174 valence electrons. The summed E-state index contributed by atoms with van der Waals surface area (Å²) in [5.74, 6) is 0.0738. The SMILES string of the molecule is O=C(Cn1cc(/C=C2\SC(=S)N(C[C@@H]3CCCO3)C2=O)c2cc(Br)ccc21)N1CCCCC1. The molecule has 2 amide bonds. The molecule has 1 aromatic carbocycles. The maximum absolute atomic E-state index is 13.1. The van der Waals surface area contributed by atoms with Crippen molar-refractivity contribution in [3.8, 4) is 0 Å². The number of rotatable bonds is 5. The lowest BCUT2D eigenvalue weighted by Crippen LogP contribution is -2.37. The summed E-state index contributed by atoms with van der Waals surface area (Å²) < 4.78 is 9.23. The van der Waals surface area contributed by atoms with Gasteiger partial charge in [0.25, 0.3) is 5.91 Å². The number of carbonyl (C=O) groups excluding carboxylic acids is 2. The van der Waals surface area contributed by atoms with Crippen molar-refractivity contribution in [3.05, 3.63) is 39.3 Å². The second kappa shape index (κ2) is 9.90. The Bertz CT molecular complexity index is 1130. The van der Waals surface area contributed by atoms with Crippen molar-refractivity contribution < 1.29 is 14.3 Å². The fourth-order valence-electron chi connectivity index (χ4n) is 4.72. The number of hydrogen-bond donors (Lipinski definition) is 0. The van der Waals surface area contributed by atoms with Crippen molar-refractivity contribution >= 4 is 73.0 Å². The third-order valence-corrected chi connectivity index (χ3v) is 8.33. The number of likely N-dealkylation sites (tertiary alicyclic amines) is 1. The van der Waals surface area contributed by atoms with Gasteiger partial charge in [0.2, 0.25) is 5.91 Å². The van der Waals surface area contributed by atoms with Gasteiger partial charge in [0.15, 0.2) is 0 Å². The van der Waals surface area contributed by atoms with Gasteiger partial charge in [0.1, 0.15) is 10.9 Å². The van der Waals surface area contributed by atoms with Crippen LogP contribution in [0.4, 0.5) is 0 Å². The third kappa shape index (κ3) is 4.92. The lowest BCUT2D eigenvalue weighted by atomic mass is 10.1. The van der Waals surface area contributed by atoms with E-state index in [0.717, 1.165) is 66.3 Å². The number of hydrogen-bond acceptors (Lipinski definition) is 5. The zero-order valence-electron chi connectivity index (χ0n) is 18.3. The molecular formula is C24H26BrN3O3S2. The van der Waals surface area contributed by atoms with Gasteiger partial charge in [-0.2, -0.15) is 0 Å². The molecule has 1 aromatic heterocycles. The van der Waals surface area contributed by atoms with Gasteiger partial charge in [0, 0.05) is 46.8 Å². The molecule has 4 heterocycles. The zero-order chi connectivity index (χ0) is 22.9. The minimum absolute atomic E-state index is 0.0607. The average Bonchev–Trinajstić information content (AvgIpc) is 3.51. The Balaban J connectivity index is 1.42. The Labute approximate surface area is 211 Å². The normalized spacial score (nSPS) is 22.8. The maximum Gasteiger partial charge on any atom is 0.266 e. The van der Waals surface area contributed by atoms with Gasteiger partial charge < -0.3 is 14.2 Å². The summed E-state index contributed by atoms with van der Waals surface area (Å²) >= 11 is 10.4. The van der Waals surface area contributed by atoms with Gasteiger partial charge in [-0.1, -0.05) is 39.9 Å². The van der Waals surface area contributed by atoms with Crippen molar-refractivity contribution in [1.82, 2.24) is 14.4 Å². The molecule has 0 aliphatic carbocycles. The first-order valence-corrected chi connectivity index (χ1v) is 13.4. The molecular weight excluding hydrogens is 522 g/mol.